The Bertz CT molecular complexity index is 1230. The number of aromatic hydroxyl groups is 1. The summed E-state index contributed by atoms with van der Waals surface area (Å²) in [7, 11) is 0. The van der Waals surface area contributed by atoms with Gasteiger partial charge in [0.2, 0.25) is 5.89 Å². The molecular weight excluding hydrogens is 464 g/mol. The highest BCUT2D eigenvalue weighted by molar-refractivity contribution is 9.10. The Morgan fingerprint density at radius 1 is 1.17 bits per heavy atom. The van der Waals surface area contributed by atoms with Crippen LogP contribution in [0.5, 0.6) is 5.75 Å². The van der Waals surface area contributed by atoms with Crippen LogP contribution in [0.2, 0.25) is 5.02 Å². The lowest BCUT2D eigenvalue weighted by molar-refractivity contribution is 0.471. The molecule has 0 aliphatic carbocycles. The maximum absolute atomic E-state index is 10.1. The van der Waals surface area contributed by atoms with Crippen LogP contribution in [0.25, 0.3) is 22.6 Å². The van der Waals surface area contributed by atoms with Gasteiger partial charge in [-0.15, -0.1) is 0 Å². The molecule has 3 aromatic carbocycles. The van der Waals surface area contributed by atoms with Gasteiger partial charge in [-0.25, -0.2) is 4.98 Å². The number of oxazole rings is 1. The number of phenols is 1. The molecule has 4 nitrogen and oxygen atoms in total. The van der Waals surface area contributed by atoms with Crippen LogP contribution in [-0.4, -0.2) is 16.3 Å². The predicted octanol–water partition coefficient (Wildman–Crippen LogP) is 7.88. The van der Waals surface area contributed by atoms with Gasteiger partial charge in [-0.3, -0.25) is 4.99 Å². The summed E-state index contributed by atoms with van der Waals surface area (Å²) in [6.45, 7) is 4.39. The molecular formula is C24H20BrClN2O2. The normalized spacial score (nSPS) is 12.7. The summed E-state index contributed by atoms with van der Waals surface area (Å²) in [5.41, 5.74) is 5.07. The van der Waals surface area contributed by atoms with Gasteiger partial charge in [0.15, 0.2) is 5.58 Å². The van der Waals surface area contributed by atoms with E-state index in [1.54, 1.807) is 18.3 Å². The van der Waals surface area contributed by atoms with Crippen LogP contribution in [0.4, 0.5) is 5.69 Å². The summed E-state index contributed by atoms with van der Waals surface area (Å²) in [4.78, 5) is 9.08. The quantitative estimate of drug-likeness (QED) is 0.294. The van der Waals surface area contributed by atoms with Crippen molar-refractivity contribution in [1.29, 1.82) is 0 Å². The van der Waals surface area contributed by atoms with Gasteiger partial charge in [0.1, 0.15) is 11.3 Å². The van der Waals surface area contributed by atoms with Crippen LogP contribution < -0.4 is 0 Å². The fourth-order valence-corrected chi connectivity index (χ4v) is 3.96. The van der Waals surface area contributed by atoms with Crippen molar-refractivity contribution in [3.8, 4) is 17.2 Å². The summed E-state index contributed by atoms with van der Waals surface area (Å²) in [6, 6.07) is 17.1. The van der Waals surface area contributed by atoms with Gasteiger partial charge in [-0.1, -0.05) is 31.5 Å². The average molecular weight is 484 g/mol. The molecule has 152 valence electrons. The number of benzene rings is 3. The lowest BCUT2D eigenvalue weighted by Gasteiger charge is -2.07. The summed E-state index contributed by atoms with van der Waals surface area (Å²) >= 11 is 9.32. The minimum atomic E-state index is 0.100. The monoisotopic (exact) mass is 482 g/mol. The lowest BCUT2D eigenvalue weighted by atomic mass is 9.98. The Labute approximate surface area is 188 Å². The number of hydrogen-bond acceptors (Lipinski definition) is 4. The van der Waals surface area contributed by atoms with E-state index in [4.69, 9.17) is 16.0 Å². The predicted molar refractivity (Wildman–Crippen MR) is 126 cm³/mol. The first-order valence-electron chi connectivity index (χ1n) is 9.67. The zero-order chi connectivity index (χ0) is 21.3. The van der Waals surface area contributed by atoms with Gasteiger partial charge in [-0.2, -0.15) is 0 Å². The number of aliphatic imine (C=N–C) groups is 1. The van der Waals surface area contributed by atoms with Gasteiger partial charge in [-0.05, 0) is 82.4 Å². The van der Waals surface area contributed by atoms with E-state index in [9.17, 15) is 5.11 Å². The molecule has 0 bridgehead atoms. The average Bonchev–Trinajstić information content (AvgIpc) is 3.18. The van der Waals surface area contributed by atoms with E-state index < -0.39 is 0 Å². The summed E-state index contributed by atoms with van der Waals surface area (Å²) in [5.74, 6) is 1.17. The van der Waals surface area contributed by atoms with E-state index in [2.05, 4.69) is 51.9 Å². The molecule has 0 fully saturated rings. The van der Waals surface area contributed by atoms with Crippen molar-refractivity contribution < 1.29 is 9.52 Å². The third kappa shape index (κ3) is 4.27. The first-order chi connectivity index (χ1) is 14.4. The Balaban J connectivity index is 1.58. The number of nitrogens with zero attached hydrogens (tertiary/aromatic N) is 2. The highest BCUT2D eigenvalue weighted by Crippen LogP contribution is 2.31. The molecule has 6 heteroatoms. The Morgan fingerprint density at radius 2 is 1.93 bits per heavy atom. The van der Waals surface area contributed by atoms with Crippen molar-refractivity contribution >= 4 is 50.5 Å². The molecule has 0 amide bonds. The van der Waals surface area contributed by atoms with Crippen molar-refractivity contribution in [2.75, 3.05) is 0 Å². The molecule has 1 aromatic heterocycles. The fourth-order valence-electron chi connectivity index (χ4n) is 3.13. The first kappa shape index (κ1) is 20.6. The number of rotatable bonds is 5. The van der Waals surface area contributed by atoms with E-state index in [1.165, 1.54) is 5.56 Å². The van der Waals surface area contributed by atoms with E-state index >= 15 is 0 Å². The molecule has 1 heterocycles. The molecule has 0 spiro atoms. The zero-order valence-corrected chi connectivity index (χ0v) is 18.9. The van der Waals surface area contributed by atoms with Crippen LogP contribution in [0, 0.1) is 0 Å². The molecule has 4 aromatic rings. The van der Waals surface area contributed by atoms with E-state index in [-0.39, 0.29) is 5.75 Å². The minimum absolute atomic E-state index is 0.100. The number of fused-ring (bicyclic) bond motifs is 1. The van der Waals surface area contributed by atoms with Crippen molar-refractivity contribution in [2.24, 2.45) is 4.99 Å². The Hall–Kier alpha value is -2.63. The largest absolute Gasteiger partial charge is 0.506 e. The standard InChI is InChI=1S/C24H20BrClN2O2/c1-3-14(2)16-6-9-22-21(11-16)28-24(30-22)15-4-7-19(8-5-15)27-13-17-10-18(26)12-20(25)23(17)29/h4-14,29H,3H2,1-2H3/t14-/m0/s1. The van der Waals surface area contributed by atoms with Crippen LogP contribution in [0.3, 0.4) is 0 Å². The van der Waals surface area contributed by atoms with Gasteiger partial charge < -0.3 is 9.52 Å². The molecule has 0 unspecified atom stereocenters. The number of halogens is 2. The molecule has 0 saturated carbocycles. The van der Waals surface area contributed by atoms with Gasteiger partial charge >= 0.3 is 0 Å². The van der Waals surface area contributed by atoms with Crippen LogP contribution in [0.1, 0.15) is 37.3 Å². The van der Waals surface area contributed by atoms with Crippen LogP contribution in [-0.2, 0) is 0 Å². The SMILES string of the molecule is CC[C@H](C)c1ccc2oc(-c3ccc(N=Cc4cc(Cl)cc(Br)c4O)cc3)nc2c1. The fraction of sp³-hybridized carbons (Fsp3) is 0.167. The Morgan fingerprint density at radius 3 is 2.67 bits per heavy atom. The molecule has 30 heavy (non-hydrogen) atoms. The molecule has 0 saturated heterocycles. The third-order valence-corrected chi connectivity index (χ3v) is 5.94. The highest BCUT2D eigenvalue weighted by atomic mass is 79.9. The van der Waals surface area contributed by atoms with E-state index in [0.29, 0.717) is 26.9 Å². The van der Waals surface area contributed by atoms with Crippen molar-refractivity contribution in [3.05, 3.63) is 75.2 Å². The third-order valence-electron chi connectivity index (χ3n) is 5.12. The van der Waals surface area contributed by atoms with Crippen LogP contribution >= 0.6 is 27.5 Å². The second-order valence-electron chi connectivity index (χ2n) is 7.19. The number of aromatic nitrogens is 1. The maximum Gasteiger partial charge on any atom is 0.227 e. The molecule has 1 N–H and O–H groups in total. The van der Waals surface area contributed by atoms with E-state index in [0.717, 1.165) is 28.8 Å². The molecule has 4 rings (SSSR count). The molecule has 0 radical (unpaired) electrons. The zero-order valence-electron chi connectivity index (χ0n) is 16.6. The van der Waals surface area contributed by atoms with Gasteiger partial charge in [0.25, 0.3) is 0 Å². The summed E-state index contributed by atoms with van der Waals surface area (Å²) in [6.07, 6.45) is 2.67. The second kappa shape index (κ2) is 8.62. The topological polar surface area (TPSA) is 58.6 Å². The maximum atomic E-state index is 10.1. The molecule has 0 aliphatic heterocycles. The number of hydrogen-bond donors (Lipinski definition) is 1. The second-order valence-corrected chi connectivity index (χ2v) is 8.48. The summed E-state index contributed by atoms with van der Waals surface area (Å²) < 4.78 is 6.46. The first-order valence-corrected chi connectivity index (χ1v) is 10.8. The van der Waals surface area contributed by atoms with E-state index in [1.807, 2.05) is 30.3 Å². The van der Waals surface area contributed by atoms with Gasteiger partial charge in [0.05, 0.1) is 10.2 Å². The molecule has 1 atom stereocenters. The smallest absolute Gasteiger partial charge is 0.227 e. The highest BCUT2D eigenvalue weighted by Gasteiger charge is 2.11. The summed E-state index contributed by atoms with van der Waals surface area (Å²) in [5, 5.41) is 10.6. The minimum Gasteiger partial charge on any atom is -0.506 e. The molecule has 0 aliphatic rings. The van der Waals surface area contributed by atoms with Crippen molar-refractivity contribution in [2.45, 2.75) is 26.2 Å². The van der Waals surface area contributed by atoms with Gasteiger partial charge in [0, 0.05) is 22.4 Å². The number of phenolic OH excluding ortho intramolecular Hbond substituents is 1. The van der Waals surface area contributed by atoms with Crippen LogP contribution in [0.15, 0.2) is 68.5 Å². The van der Waals surface area contributed by atoms with Crippen molar-refractivity contribution in [1.82, 2.24) is 4.98 Å². The van der Waals surface area contributed by atoms with Crippen molar-refractivity contribution in [3.63, 3.8) is 0 Å². The lowest BCUT2D eigenvalue weighted by Crippen LogP contribution is -1.90. The Kier molecular flexibility index (Phi) is 5.93.